The number of rotatable bonds is 2. The van der Waals surface area contributed by atoms with Crippen LogP contribution < -0.4 is 5.73 Å². The van der Waals surface area contributed by atoms with Crippen LogP contribution in [0.2, 0.25) is 5.02 Å². The Morgan fingerprint density at radius 3 is 2.76 bits per heavy atom. The summed E-state index contributed by atoms with van der Waals surface area (Å²) in [7, 11) is 2.06. The summed E-state index contributed by atoms with van der Waals surface area (Å²) >= 11 is 6.03. The maximum atomic E-state index is 14.6. The molecule has 3 heterocycles. The SMILES string of the molecule is CN1CCC(n2ncc(-c3nc(N)ncc3Cl)c2F)CC1. The highest BCUT2D eigenvalue weighted by atomic mass is 35.5. The number of hydrogen-bond acceptors (Lipinski definition) is 5. The lowest BCUT2D eigenvalue weighted by Gasteiger charge is -2.29. The molecule has 0 amide bonds. The van der Waals surface area contributed by atoms with E-state index in [9.17, 15) is 4.39 Å². The Morgan fingerprint density at radius 1 is 1.33 bits per heavy atom. The molecule has 2 aromatic rings. The van der Waals surface area contributed by atoms with Crippen molar-refractivity contribution in [1.82, 2.24) is 24.6 Å². The molecule has 1 fully saturated rings. The Labute approximate surface area is 126 Å². The Bertz CT molecular complexity index is 650. The lowest BCUT2D eigenvalue weighted by Crippen LogP contribution is -2.32. The number of likely N-dealkylation sites (tertiary alicyclic amines) is 1. The van der Waals surface area contributed by atoms with Gasteiger partial charge in [-0.2, -0.15) is 9.49 Å². The van der Waals surface area contributed by atoms with E-state index in [1.807, 2.05) is 0 Å². The standard InChI is InChI=1S/C13H16ClFN6/c1-20-4-2-8(3-5-20)21-12(15)9(6-18-21)11-10(14)7-17-13(16)19-11/h6-8H,2-5H2,1H3,(H2,16,17,19). The molecule has 1 saturated heterocycles. The molecule has 112 valence electrons. The number of anilines is 1. The molecule has 2 aromatic heterocycles. The lowest BCUT2D eigenvalue weighted by atomic mass is 10.1. The number of halogens is 2. The van der Waals surface area contributed by atoms with Gasteiger partial charge in [-0.05, 0) is 33.0 Å². The summed E-state index contributed by atoms with van der Waals surface area (Å²) in [6.45, 7) is 1.86. The number of nitrogens with two attached hydrogens (primary N) is 1. The normalized spacial score (nSPS) is 17.3. The van der Waals surface area contributed by atoms with E-state index in [2.05, 4.69) is 27.0 Å². The van der Waals surface area contributed by atoms with Crippen molar-refractivity contribution in [2.45, 2.75) is 18.9 Å². The largest absolute Gasteiger partial charge is 0.368 e. The van der Waals surface area contributed by atoms with Crippen LogP contribution in [0.1, 0.15) is 18.9 Å². The number of hydrogen-bond donors (Lipinski definition) is 1. The van der Waals surface area contributed by atoms with Gasteiger partial charge >= 0.3 is 0 Å². The first-order valence-electron chi connectivity index (χ1n) is 6.76. The average molecular weight is 311 g/mol. The van der Waals surface area contributed by atoms with Crippen LogP contribution in [0.4, 0.5) is 10.3 Å². The van der Waals surface area contributed by atoms with Crippen molar-refractivity contribution in [2.24, 2.45) is 0 Å². The molecule has 0 unspecified atom stereocenters. The van der Waals surface area contributed by atoms with Crippen LogP contribution >= 0.6 is 11.6 Å². The zero-order chi connectivity index (χ0) is 15.0. The van der Waals surface area contributed by atoms with Gasteiger partial charge < -0.3 is 10.6 Å². The number of nitrogen functional groups attached to an aromatic ring is 1. The van der Waals surface area contributed by atoms with Crippen LogP contribution in [-0.2, 0) is 0 Å². The third-order valence-corrected chi connectivity index (χ3v) is 4.06. The highest BCUT2D eigenvalue weighted by Crippen LogP contribution is 2.31. The molecule has 0 saturated carbocycles. The number of nitrogens with zero attached hydrogens (tertiary/aromatic N) is 5. The van der Waals surface area contributed by atoms with Crippen LogP contribution in [0, 0.1) is 5.95 Å². The van der Waals surface area contributed by atoms with Gasteiger partial charge in [-0.25, -0.2) is 14.6 Å². The first-order chi connectivity index (χ1) is 10.1. The molecular weight excluding hydrogens is 295 g/mol. The fraction of sp³-hybridized carbons (Fsp3) is 0.462. The summed E-state index contributed by atoms with van der Waals surface area (Å²) in [4.78, 5) is 10.0. The summed E-state index contributed by atoms with van der Waals surface area (Å²) in [5.74, 6) is -0.370. The van der Waals surface area contributed by atoms with E-state index in [1.165, 1.54) is 17.1 Å². The molecule has 0 atom stereocenters. The Balaban J connectivity index is 1.94. The molecule has 0 spiro atoms. The molecule has 6 nitrogen and oxygen atoms in total. The van der Waals surface area contributed by atoms with Crippen LogP contribution in [0.3, 0.4) is 0 Å². The number of aromatic nitrogens is 4. The van der Waals surface area contributed by atoms with E-state index in [0.29, 0.717) is 0 Å². The molecule has 21 heavy (non-hydrogen) atoms. The van der Waals surface area contributed by atoms with Gasteiger partial charge in [-0.1, -0.05) is 11.6 Å². The lowest BCUT2D eigenvalue weighted by molar-refractivity contribution is 0.200. The molecule has 3 rings (SSSR count). The second-order valence-corrected chi connectivity index (χ2v) is 5.66. The van der Waals surface area contributed by atoms with Gasteiger partial charge in [0, 0.05) is 0 Å². The second-order valence-electron chi connectivity index (χ2n) is 5.25. The maximum absolute atomic E-state index is 14.6. The van der Waals surface area contributed by atoms with Gasteiger partial charge in [0.15, 0.2) is 0 Å². The highest BCUT2D eigenvalue weighted by molar-refractivity contribution is 6.32. The molecular formula is C13H16ClFN6. The molecule has 0 bridgehead atoms. The molecule has 1 aliphatic rings. The zero-order valence-electron chi connectivity index (χ0n) is 11.6. The summed E-state index contributed by atoms with van der Waals surface area (Å²) in [6.07, 6.45) is 4.55. The highest BCUT2D eigenvalue weighted by Gasteiger charge is 2.24. The van der Waals surface area contributed by atoms with Crippen molar-refractivity contribution >= 4 is 17.5 Å². The van der Waals surface area contributed by atoms with Crippen molar-refractivity contribution in [3.63, 3.8) is 0 Å². The fourth-order valence-corrected chi connectivity index (χ4v) is 2.76. The summed E-state index contributed by atoms with van der Waals surface area (Å²) in [5, 5.41) is 4.43. The van der Waals surface area contributed by atoms with Crippen LogP contribution in [0.5, 0.6) is 0 Å². The third kappa shape index (κ3) is 2.71. The predicted octanol–water partition coefficient (Wildman–Crippen LogP) is 1.98. The van der Waals surface area contributed by atoms with Gasteiger partial charge in [0.25, 0.3) is 0 Å². The summed E-state index contributed by atoms with van der Waals surface area (Å²) in [6, 6.07) is 0.0629. The third-order valence-electron chi connectivity index (χ3n) is 3.79. The minimum Gasteiger partial charge on any atom is -0.368 e. The molecule has 8 heteroatoms. The predicted molar refractivity (Wildman–Crippen MR) is 78.4 cm³/mol. The van der Waals surface area contributed by atoms with E-state index in [0.717, 1.165) is 25.9 Å². The van der Waals surface area contributed by atoms with E-state index < -0.39 is 5.95 Å². The van der Waals surface area contributed by atoms with Crippen LogP contribution in [0.15, 0.2) is 12.4 Å². The van der Waals surface area contributed by atoms with Crippen LogP contribution in [-0.4, -0.2) is 44.8 Å². The summed E-state index contributed by atoms with van der Waals surface area (Å²) < 4.78 is 16.1. The average Bonchev–Trinajstić information content (AvgIpc) is 2.84. The van der Waals surface area contributed by atoms with Gasteiger partial charge in [0.05, 0.1) is 29.0 Å². The Hall–Kier alpha value is -1.73. The van der Waals surface area contributed by atoms with Crippen molar-refractivity contribution in [2.75, 3.05) is 25.9 Å². The topological polar surface area (TPSA) is 72.9 Å². The van der Waals surface area contributed by atoms with E-state index in [1.54, 1.807) is 0 Å². The van der Waals surface area contributed by atoms with Gasteiger partial charge in [0.1, 0.15) is 5.69 Å². The van der Waals surface area contributed by atoms with Crippen molar-refractivity contribution < 1.29 is 4.39 Å². The molecule has 2 N–H and O–H groups in total. The van der Waals surface area contributed by atoms with Crippen LogP contribution in [0.25, 0.3) is 11.3 Å². The van der Waals surface area contributed by atoms with E-state index in [4.69, 9.17) is 17.3 Å². The molecule has 0 radical (unpaired) electrons. The molecule has 1 aliphatic heterocycles. The van der Waals surface area contributed by atoms with Crippen molar-refractivity contribution in [1.29, 1.82) is 0 Å². The summed E-state index contributed by atoms with van der Waals surface area (Å²) in [5.41, 5.74) is 6.08. The minimum atomic E-state index is -0.426. The Kier molecular flexibility index (Phi) is 3.77. The smallest absolute Gasteiger partial charge is 0.221 e. The molecule has 0 aromatic carbocycles. The fourth-order valence-electron chi connectivity index (χ4n) is 2.57. The Morgan fingerprint density at radius 2 is 2.05 bits per heavy atom. The first kappa shape index (κ1) is 14.2. The maximum Gasteiger partial charge on any atom is 0.221 e. The van der Waals surface area contributed by atoms with E-state index in [-0.39, 0.29) is 28.3 Å². The monoisotopic (exact) mass is 310 g/mol. The van der Waals surface area contributed by atoms with Crippen molar-refractivity contribution in [3.8, 4) is 11.3 Å². The second kappa shape index (κ2) is 5.57. The van der Waals surface area contributed by atoms with Gasteiger partial charge in [-0.3, -0.25) is 0 Å². The molecule has 0 aliphatic carbocycles. The quantitative estimate of drug-likeness (QED) is 0.918. The van der Waals surface area contributed by atoms with E-state index >= 15 is 0 Å². The zero-order valence-corrected chi connectivity index (χ0v) is 12.4. The number of piperidine rings is 1. The minimum absolute atomic E-state index is 0.0563. The van der Waals surface area contributed by atoms with Gasteiger partial charge in [-0.15, -0.1) is 0 Å². The van der Waals surface area contributed by atoms with Crippen molar-refractivity contribution in [3.05, 3.63) is 23.4 Å². The van der Waals surface area contributed by atoms with Gasteiger partial charge in [0.2, 0.25) is 11.9 Å². The first-order valence-corrected chi connectivity index (χ1v) is 7.14.